The minimum absolute atomic E-state index is 0.0136. The highest BCUT2D eigenvalue weighted by Crippen LogP contribution is 2.25. The van der Waals surface area contributed by atoms with Gasteiger partial charge in [0.15, 0.2) is 5.76 Å². The summed E-state index contributed by atoms with van der Waals surface area (Å²) in [4.78, 5) is 23.4. The van der Waals surface area contributed by atoms with Gasteiger partial charge < -0.3 is 9.73 Å². The maximum Gasteiger partial charge on any atom is 0.271 e. The highest BCUT2D eigenvalue weighted by Gasteiger charge is 2.21. The Labute approximate surface area is 156 Å². The lowest BCUT2D eigenvalue weighted by molar-refractivity contribution is -0.384. The van der Waals surface area contributed by atoms with Gasteiger partial charge in [-0.05, 0) is 38.5 Å². The van der Waals surface area contributed by atoms with E-state index in [9.17, 15) is 14.9 Å². The highest BCUT2D eigenvalue weighted by atomic mass is 16.6. The van der Waals surface area contributed by atoms with Crippen molar-refractivity contribution in [1.29, 1.82) is 0 Å². The largest absolute Gasteiger partial charge is 0.460 e. The van der Waals surface area contributed by atoms with Crippen LogP contribution in [0.5, 0.6) is 0 Å². The van der Waals surface area contributed by atoms with E-state index in [0.717, 1.165) is 12.2 Å². The van der Waals surface area contributed by atoms with Crippen molar-refractivity contribution in [3.63, 3.8) is 0 Å². The monoisotopic (exact) mass is 368 g/mol. The van der Waals surface area contributed by atoms with Gasteiger partial charge in [0.25, 0.3) is 11.6 Å². The van der Waals surface area contributed by atoms with E-state index in [1.54, 1.807) is 30.3 Å². The lowest BCUT2D eigenvalue weighted by atomic mass is 10.2. The van der Waals surface area contributed by atoms with E-state index in [4.69, 9.17) is 4.42 Å². The molecule has 0 aliphatic carbocycles. The third kappa shape index (κ3) is 3.89. The van der Waals surface area contributed by atoms with Gasteiger partial charge in [0.2, 0.25) is 0 Å². The molecule has 3 aromatic rings. The number of nitro groups is 1. The molecule has 0 saturated heterocycles. The fourth-order valence-corrected chi connectivity index (χ4v) is 2.57. The Morgan fingerprint density at radius 3 is 2.74 bits per heavy atom. The van der Waals surface area contributed by atoms with Crippen LogP contribution in [0.3, 0.4) is 0 Å². The zero-order chi connectivity index (χ0) is 19.6. The van der Waals surface area contributed by atoms with Crippen molar-refractivity contribution in [1.82, 2.24) is 15.1 Å². The van der Waals surface area contributed by atoms with Crippen molar-refractivity contribution < 1.29 is 14.1 Å². The van der Waals surface area contributed by atoms with Crippen LogP contribution in [0.25, 0.3) is 17.1 Å². The SMILES string of the molecule is CC[C@@H](C)NC(=O)c1cc(-c2ccc(C)o2)nn1-c1cccc([N+](=O)[O-])c1. The van der Waals surface area contributed by atoms with E-state index in [0.29, 0.717) is 17.1 Å². The topological polar surface area (TPSA) is 103 Å². The number of amides is 1. The molecule has 0 bridgehead atoms. The van der Waals surface area contributed by atoms with Gasteiger partial charge in [-0.15, -0.1) is 0 Å². The zero-order valence-electron chi connectivity index (χ0n) is 15.3. The van der Waals surface area contributed by atoms with Crippen LogP contribution in [-0.2, 0) is 0 Å². The van der Waals surface area contributed by atoms with Gasteiger partial charge in [0, 0.05) is 24.2 Å². The third-order valence-corrected chi connectivity index (χ3v) is 4.21. The van der Waals surface area contributed by atoms with Crippen LogP contribution in [0.15, 0.2) is 46.9 Å². The normalized spacial score (nSPS) is 12.0. The molecule has 1 aromatic carbocycles. The maximum atomic E-state index is 12.7. The Bertz CT molecular complexity index is 989. The van der Waals surface area contributed by atoms with E-state index in [2.05, 4.69) is 10.4 Å². The number of nitrogens with one attached hydrogen (secondary N) is 1. The molecule has 2 aromatic heterocycles. The summed E-state index contributed by atoms with van der Waals surface area (Å²) < 4.78 is 7.00. The number of non-ortho nitro benzene ring substituents is 1. The number of nitro benzene ring substituents is 1. The molecular formula is C19H20N4O4. The number of carbonyl (C=O) groups is 1. The summed E-state index contributed by atoms with van der Waals surface area (Å²) in [5, 5.41) is 18.5. The van der Waals surface area contributed by atoms with Crippen molar-refractivity contribution in [2.45, 2.75) is 33.2 Å². The second-order valence-electron chi connectivity index (χ2n) is 6.30. The minimum atomic E-state index is -0.483. The molecule has 1 N–H and O–H groups in total. The molecule has 27 heavy (non-hydrogen) atoms. The van der Waals surface area contributed by atoms with E-state index in [1.807, 2.05) is 20.8 Å². The number of hydrogen-bond acceptors (Lipinski definition) is 5. The maximum absolute atomic E-state index is 12.7. The summed E-state index contributed by atoms with van der Waals surface area (Å²) in [7, 11) is 0. The van der Waals surface area contributed by atoms with Crippen LogP contribution < -0.4 is 5.32 Å². The van der Waals surface area contributed by atoms with Gasteiger partial charge in [-0.2, -0.15) is 5.10 Å². The number of aryl methyl sites for hydroxylation is 1. The first-order valence-corrected chi connectivity index (χ1v) is 8.61. The number of carbonyl (C=O) groups excluding carboxylic acids is 1. The van der Waals surface area contributed by atoms with Gasteiger partial charge in [-0.25, -0.2) is 4.68 Å². The van der Waals surface area contributed by atoms with Crippen molar-refractivity contribution in [2.75, 3.05) is 0 Å². The molecule has 0 unspecified atom stereocenters. The fraction of sp³-hybridized carbons (Fsp3) is 0.263. The predicted molar refractivity (Wildman–Crippen MR) is 99.9 cm³/mol. The van der Waals surface area contributed by atoms with Gasteiger partial charge in [-0.1, -0.05) is 13.0 Å². The minimum Gasteiger partial charge on any atom is -0.460 e. The Kier molecular flexibility index (Phi) is 5.07. The molecule has 0 spiro atoms. The summed E-state index contributed by atoms with van der Waals surface area (Å²) in [6.07, 6.45) is 0.779. The number of aromatic nitrogens is 2. The van der Waals surface area contributed by atoms with E-state index < -0.39 is 4.92 Å². The Morgan fingerprint density at radius 2 is 2.11 bits per heavy atom. The van der Waals surface area contributed by atoms with Crippen molar-refractivity contribution in [2.24, 2.45) is 0 Å². The predicted octanol–water partition coefficient (Wildman–Crippen LogP) is 3.88. The quantitative estimate of drug-likeness (QED) is 0.525. The van der Waals surface area contributed by atoms with Crippen LogP contribution in [0.1, 0.15) is 36.5 Å². The molecule has 1 atom stereocenters. The van der Waals surface area contributed by atoms with Crippen LogP contribution in [0.4, 0.5) is 5.69 Å². The smallest absolute Gasteiger partial charge is 0.271 e. The molecule has 140 valence electrons. The summed E-state index contributed by atoms with van der Waals surface area (Å²) in [5.74, 6) is 0.938. The summed E-state index contributed by atoms with van der Waals surface area (Å²) in [5.41, 5.74) is 1.10. The van der Waals surface area contributed by atoms with Gasteiger partial charge >= 0.3 is 0 Å². The van der Waals surface area contributed by atoms with E-state index in [1.165, 1.54) is 16.8 Å². The number of furan rings is 1. The van der Waals surface area contributed by atoms with Gasteiger partial charge in [-0.3, -0.25) is 14.9 Å². The second kappa shape index (κ2) is 7.45. The summed E-state index contributed by atoms with van der Waals surface area (Å²) in [6, 6.07) is 11.2. The van der Waals surface area contributed by atoms with Crippen LogP contribution >= 0.6 is 0 Å². The Balaban J connectivity index is 2.10. The molecule has 3 rings (SSSR count). The Hall–Kier alpha value is -3.42. The van der Waals surface area contributed by atoms with Gasteiger partial charge in [0.1, 0.15) is 17.1 Å². The van der Waals surface area contributed by atoms with E-state index in [-0.39, 0.29) is 23.3 Å². The zero-order valence-corrected chi connectivity index (χ0v) is 15.3. The van der Waals surface area contributed by atoms with Crippen molar-refractivity contribution in [3.8, 4) is 17.1 Å². The first-order chi connectivity index (χ1) is 12.9. The van der Waals surface area contributed by atoms with Crippen LogP contribution in [0.2, 0.25) is 0 Å². The first-order valence-electron chi connectivity index (χ1n) is 8.61. The molecule has 0 saturated carbocycles. The Morgan fingerprint density at radius 1 is 1.33 bits per heavy atom. The average Bonchev–Trinajstić information content (AvgIpc) is 3.28. The lowest BCUT2D eigenvalue weighted by Crippen LogP contribution is -2.33. The third-order valence-electron chi connectivity index (χ3n) is 4.21. The molecule has 1 amide bonds. The number of hydrogen-bond donors (Lipinski definition) is 1. The summed E-state index contributed by atoms with van der Waals surface area (Å²) in [6.45, 7) is 5.69. The molecule has 8 heteroatoms. The lowest BCUT2D eigenvalue weighted by Gasteiger charge is -2.12. The van der Waals surface area contributed by atoms with Crippen LogP contribution in [-0.4, -0.2) is 26.7 Å². The molecular weight excluding hydrogens is 348 g/mol. The average molecular weight is 368 g/mol. The van der Waals surface area contributed by atoms with Gasteiger partial charge in [0.05, 0.1) is 10.6 Å². The number of nitrogens with zero attached hydrogens (tertiary/aromatic N) is 3. The molecule has 0 radical (unpaired) electrons. The highest BCUT2D eigenvalue weighted by molar-refractivity contribution is 5.94. The fourth-order valence-electron chi connectivity index (χ4n) is 2.57. The molecule has 2 heterocycles. The van der Waals surface area contributed by atoms with E-state index >= 15 is 0 Å². The first kappa shape index (κ1) is 18.4. The number of rotatable bonds is 6. The summed E-state index contributed by atoms with van der Waals surface area (Å²) >= 11 is 0. The van der Waals surface area contributed by atoms with Crippen LogP contribution in [0, 0.1) is 17.0 Å². The molecule has 0 fully saturated rings. The molecule has 0 aliphatic rings. The molecule has 0 aliphatic heterocycles. The van der Waals surface area contributed by atoms with Crippen molar-refractivity contribution in [3.05, 3.63) is 64.0 Å². The second-order valence-corrected chi connectivity index (χ2v) is 6.30. The number of benzene rings is 1. The molecule has 8 nitrogen and oxygen atoms in total. The van der Waals surface area contributed by atoms with Crippen molar-refractivity contribution >= 4 is 11.6 Å². The standard InChI is InChI=1S/C19H20N4O4/c1-4-12(2)20-19(24)17-11-16(18-9-8-13(3)27-18)21-22(17)14-6-5-7-15(10-14)23(25)26/h5-12H,4H2,1-3H3,(H,20,24)/t12-/m1/s1.